The summed E-state index contributed by atoms with van der Waals surface area (Å²) in [5.41, 5.74) is 1.63. The highest BCUT2D eigenvalue weighted by Crippen LogP contribution is 2.30. The van der Waals surface area contributed by atoms with Crippen LogP contribution in [0.3, 0.4) is 0 Å². The van der Waals surface area contributed by atoms with Crippen LogP contribution < -0.4 is 0 Å². The molecule has 0 spiro atoms. The molecule has 3 aromatic rings. The van der Waals surface area contributed by atoms with Crippen LogP contribution in [-0.4, -0.2) is 20.3 Å². The van der Waals surface area contributed by atoms with Crippen LogP contribution >= 0.6 is 11.8 Å². The van der Waals surface area contributed by atoms with E-state index in [-0.39, 0.29) is 22.4 Å². The third-order valence-electron chi connectivity index (χ3n) is 3.51. The molecule has 3 rings (SSSR count). The minimum Gasteiger partial charge on any atom is -0.510 e. The van der Waals surface area contributed by atoms with Crippen LogP contribution in [0.4, 0.5) is 4.39 Å². The number of benzene rings is 2. The van der Waals surface area contributed by atoms with Gasteiger partial charge < -0.3 is 10.1 Å². The van der Waals surface area contributed by atoms with Gasteiger partial charge in [0.25, 0.3) is 0 Å². The lowest BCUT2D eigenvalue weighted by atomic mass is 10.2. The number of hydrogen-bond donors (Lipinski definition) is 2. The monoisotopic (exact) mass is 339 g/mol. The first kappa shape index (κ1) is 16.1. The number of fused-ring (bicyclic) bond motifs is 1. The average molecular weight is 339 g/mol. The molecular weight excluding hydrogens is 325 g/mol. The van der Waals surface area contributed by atoms with Gasteiger partial charge in [-0.1, -0.05) is 12.1 Å². The van der Waals surface area contributed by atoms with Crippen molar-refractivity contribution in [3.8, 4) is 6.07 Å². The van der Waals surface area contributed by atoms with E-state index in [0.717, 1.165) is 15.9 Å². The molecule has 24 heavy (non-hydrogen) atoms. The van der Waals surface area contributed by atoms with Crippen molar-refractivity contribution in [3.63, 3.8) is 0 Å². The van der Waals surface area contributed by atoms with E-state index < -0.39 is 0 Å². The molecule has 0 aliphatic rings. The normalized spacial score (nSPS) is 13.4. The molecule has 1 aromatic heterocycles. The van der Waals surface area contributed by atoms with Crippen LogP contribution in [-0.2, 0) is 0 Å². The summed E-state index contributed by atoms with van der Waals surface area (Å²) in [6, 6.07) is 15.4. The summed E-state index contributed by atoms with van der Waals surface area (Å²) in [6.45, 7) is 1.78. The average Bonchev–Trinajstić information content (AvgIpc) is 3.01. The number of imidazole rings is 1. The maximum absolute atomic E-state index is 13.0. The molecule has 120 valence electrons. The maximum Gasteiger partial charge on any atom is 0.152 e. The van der Waals surface area contributed by atoms with E-state index >= 15 is 0 Å². The highest BCUT2D eigenvalue weighted by Gasteiger charge is 2.19. The lowest BCUT2D eigenvalue weighted by Crippen LogP contribution is -2.04. The second-order valence-corrected chi connectivity index (χ2v) is 6.60. The Morgan fingerprint density at radius 1 is 1.25 bits per heavy atom. The number of para-hydroxylation sites is 2. The summed E-state index contributed by atoms with van der Waals surface area (Å²) in [5.74, 6) is -0.0413. The van der Waals surface area contributed by atoms with E-state index in [1.165, 1.54) is 23.9 Å². The number of allylic oxidation sites excluding steroid dienone is 1. The van der Waals surface area contributed by atoms with E-state index in [1.54, 1.807) is 19.1 Å². The van der Waals surface area contributed by atoms with E-state index in [4.69, 9.17) is 0 Å². The lowest BCUT2D eigenvalue weighted by Gasteiger charge is -2.11. The molecule has 2 aromatic carbocycles. The lowest BCUT2D eigenvalue weighted by molar-refractivity contribution is 0.402. The smallest absolute Gasteiger partial charge is 0.152 e. The van der Waals surface area contributed by atoms with Crippen molar-refractivity contribution in [3.05, 3.63) is 65.9 Å². The van der Waals surface area contributed by atoms with Gasteiger partial charge in [0.2, 0.25) is 0 Å². The van der Waals surface area contributed by atoms with Crippen molar-refractivity contribution in [2.45, 2.75) is 17.1 Å². The maximum atomic E-state index is 13.0. The van der Waals surface area contributed by atoms with Crippen LogP contribution in [0.1, 0.15) is 12.7 Å². The number of nitrogens with zero attached hydrogens (tertiary/aromatic N) is 2. The van der Waals surface area contributed by atoms with E-state index in [0.29, 0.717) is 5.82 Å². The molecule has 0 saturated carbocycles. The van der Waals surface area contributed by atoms with Crippen molar-refractivity contribution in [1.29, 1.82) is 5.26 Å². The molecule has 0 radical (unpaired) electrons. The molecule has 2 N–H and O–H groups in total. The van der Waals surface area contributed by atoms with Gasteiger partial charge in [-0.3, -0.25) is 0 Å². The molecule has 0 fully saturated rings. The molecule has 1 atom stereocenters. The highest BCUT2D eigenvalue weighted by atomic mass is 32.2. The molecule has 6 heteroatoms. The van der Waals surface area contributed by atoms with Crippen LogP contribution in [0.2, 0.25) is 0 Å². The van der Waals surface area contributed by atoms with Crippen LogP contribution in [0, 0.1) is 17.1 Å². The highest BCUT2D eigenvalue weighted by molar-refractivity contribution is 8.00. The molecule has 0 bridgehead atoms. The van der Waals surface area contributed by atoms with Gasteiger partial charge in [-0.15, -0.1) is 11.8 Å². The standard InChI is InChI=1S/C18H14FN3OS/c1-11(24-13-8-6-12(19)7-9-13)17(23)14(10-20)18-21-15-4-2-3-5-16(15)22-18/h2-9,11,23H,1H3,(H,21,22)/b17-14-. The zero-order valence-corrected chi connectivity index (χ0v) is 13.6. The first-order chi connectivity index (χ1) is 11.6. The fraction of sp³-hybridized carbons (Fsp3) is 0.111. The van der Waals surface area contributed by atoms with Gasteiger partial charge in [0.05, 0.1) is 16.3 Å². The summed E-state index contributed by atoms with van der Waals surface area (Å²) in [5, 5.41) is 19.5. The number of hydrogen-bond acceptors (Lipinski definition) is 4. The minimum atomic E-state index is -0.377. The van der Waals surface area contributed by atoms with Gasteiger partial charge in [-0.25, -0.2) is 9.37 Å². The van der Waals surface area contributed by atoms with Crippen molar-refractivity contribution in [1.82, 2.24) is 9.97 Å². The van der Waals surface area contributed by atoms with Crippen LogP contribution in [0.15, 0.2) is 59.2 Å². The molecule has 0 amide bonds. The zero-order valence-electron chi connectivity index (χ0n) is 12.8. The van der Waals surface area contributed by atoms with Gasteiger partial charge in [0.15, 0.2) is 5.82 Å². The van der Waals surface area contributed by atoms with Gasteiger partial charge in [-0.2, -0.15) is 5.26 Å². The fourth-order valence-electron chi connectivity index (χ4n) is 2.28. The quantitative estimate of drug-likeness (QED) is 0.411. The molecule has 0 aliphatic heterocycles. The first-order valence-electron chi connectivity index (χ1n) is 7.29. The Balaban J connectivity index is 1.91. The summed E-state index contributed by atoms with van der Waals surface area (Å²) < 4.78 is 13.0. The number of aliphatic hydroxyl groups is 1. The third kappa shape index (κ3) is 3.26. The van der Waals surface area contributed by atoms with Crippen LogP contribution in [0.25, 0.3) is 16.6 Å². The Kier molecular flexibility index (Phi) is 4.54. The van der Waals surface area contributed by atoms with Crippen molar-refractivity contribution < 1.29 is 9.50 Å². The fourth-order valence-corrected chi connectivity index (χ4v) is 3.21. The van der Waals surface area contributed by atoms with Gasteiger partial charge in [-0.05, 0) is 43.3 Å². The number of halogens is 1. The molecule has 0 saturated heterocycles. The summed E-state index contributed by atoms with van der Waals surface area (Å²) in [7, 11) is 0. The van der Waals surface area contributed by atoms with Gasteiger partial charge >= 0.3 is 0 Å². The number of aliphatic hydroxyl groups excluding tert-OH is 1. The minimum absolute atomic E-state index is 0.0640. The van der Waals surface area contributed by atoms with E-state index in [9.17, 15) is 14.8 Å². The van der Waals surface area contributed by atoms with E-state index in [1.807, 2.05) is 30.3 Å². The molecular formula is C18H14FN3OS. The molecule has 1 unspecified atom stereocenters. The Labute approximate surface area is 142 Å². The second-order valence-electron chi connectivity index (χ2n) is 5.19. The molecule has 4 nitrogen and oxygen atoms in total. The Morgan fingerprint density at radius 2 is 1.96 bits per heavy atom. The Morgan fingerprint density at radius 3 is 2.62 bits per heavy atom. The number of thioether (sulfide) groups is 1. The predicted octanol–water partition coefficient (Wildman–Crippen LogP) is 4.68. The number of aromatic amines is 1. The van der Waals surface area contributed by atoms with Crippen molar-refractivity contribution in [2.75, 3.05) is 0 Å². The van der Waals surface area contributed by atoms with Crippen molar-refractivity contribution in [2.24, 2.45) is 0 Å². The molecule has 0 aliphatic carbocycles. The summed E-state index contributed by atoms with van der Waals surface area (Å²) in [6.07, 6.45) is 0. The third-order valence-corrected chi connectivity index (χ3v) is 4.63. The predicted molar refractivity (Wildman–Crippen MR) is 93.0 cm³/mol. The second kappa shape index (κ2) is 6.77. The van der Waals surface area contributed by atoms with E-state index in [2.05, 4.69) is 9.97 Å². The van der Waals surface area contributed by atoms with Gasteiger partial charge in [0.1, 0.15) is 23.2 Å². The SMILES string of the molecule is CC(Sc1ccc(F)cc1)/C(O)=C(\C#N)c1nc2ccccc2[nH]1. The van der Waals surface area contributed by atoms with Crippen LogP contribution in [0.5, 0.6) is 0 Å². The number of rotatable bonds is 4. The first-order valence-corrected chi connectivity index (χ1v) is 8.17. The number of nitrogens with one attached hydrogen (secondary N) is 1. The largest absolute Gasteiger partial charge is 0.510 e. The van der Waals surface area contributed by atoms with Crippen molar-refractivity contribution >= 4 is 28.4 Å². The van der Waals surface area contributed by atoms with Gasteiger partial charge in [0, 0.05) is 4.90 Å². The number of aromatic nitrogens is 2. The summed E-state index contributed by atoms with van der Waals surface area (Å²) in [4.78, 5) is 8.20. The molecule has 1 heterocycles. The summed E-state index contributed by atoms with van der Waals surface area (Å²) >= 11 is 1.34. The zero-order chi connectivity index (χ0) is 17.1. The number of H-pyrrole nitrogens is 1. The topological polar surface area (TPSA) is 72.7 Å². The Hall–Kier alpha value is -2.78. The Bertz CT molecular complexity index is 908. The number of nitriles is 1.